The van der Waals surface area contributed by atoms with Crippen LogP contribution in [0.15, 0.2) is 28.7 Å². The van der Waals surface area contributed by atoms with Gasteiger partial charge in [0.15, 0.2) is 0 Å². The second-order valence-electron chi connectivity index (χ2n) is 4.04. The van der Waals surface area contributed by atoms with Crippen molar-refractivity contribution in [2.45, 2.75) is 31.7 Å². The number of benzene rings is 1. The fourth-order valence-corrected chi connectivity index (χ4v) is 2.15. The van der Waals surface area contributed by atoms with Gasteiger partial charge in [0.25, 0.3) is 0 Å². The van der Waals surface area contributed by atoms with Gasteiger partial charge in [0.1, 0.15) is 0 Å². The van der Waals surface area contributed by atoms with Gasteiger partial charge in [-0.15, -0.1) is 0 Å². The summed E-state index contributed by atoms with van der Waals surface area (Å²) in [6, 6.07) is 8.51. The van der Waals surface area contributed by atoms with Crippen molar-refractivity contribution in [1.29, 1.82) is 0 Å². The van der Waals surface area contributed by atoms with E-state index in [9.17, 15) is 0 Å². The minimum Gasteiger partial charge on any atom is -0.385 e. The molecule has 0 fully saturated rings. The van der Waals surface area contributed by atoms with Crippen molar-refractivity contribution in [2.75, 3.05) is 13.7 Å². The molecule has 1 aromatic carbocycles. The normalized spacial score (nSPS) is 12.7. The van der Waals surface area contributed by atoms with Gasteiger partial charge in [-0.3, -0.25) is 0 Å². The molecule has 0 spiro atoms. The van der Waals surface area contributed by atoms with E-state index in [0.29, 0.717) is 0 Å². The Morgan fingerprint density at radius 2 is 2.06 bits per heavy atom. The molecule has 2 nitrogen and oxygen atoms in total. The molecule has 16 heavy (non-hydrogen) atoms. The predicted molar refractivity (Wildman–Crippen MR) is 71.5 cm³/mol. The maximum Gasteiger partial charge on any atom is 0.0462 e. The van der Waals surface area contributed by atoms with E-state index in [4.69, 9.17) is 10.5 Å². The molecule has 0 saturated heterocycles. The van der Waals surface area contributed by atoms with Crippen molar-refractivity contribution in [3.05, 3.63) is 34.3 Å². The Balaban J connectivity index is 2.28. The van der Waals surface area contributed by atoms with Gasteiger partial charge in [-0.2, -0.15) is 0 Å². The molecular weight excluding hydrogens is 266 g/mol. The highest BCUT2D eigenvalue weighted by atomic mass is 79.9. The molecule has 0 heterocycles. The minimum atomic E-state index is 0.246. The molecule has 0 bridgehead atoms. The first-order valence-electron chi connectivity index (χ1n) is 5.72. The first-order valence-corrected chi connectivity index (χ1v) is 6.51. The van der Waals surface area contributed by atoms with Crippen LogP contribution >= 0.6 is 15.9 Å². The van der Waals surface area contributed by atoms with Gasteiger partial charge in [0.05, 0.1) is 0 Å². The van der Waals surface area contributed by atoms with Crippen molar-refractivity contribution >= 4 is 15.9 Å². The number of hydrogen-bond donors (Lipinski definition) is 1. The molecule has 2 N–H and O–H groups in total. The van der Waals surface area contributed by atoms with Crippen LogP contribution in [0.3, 0.4) is 0 Å². The number of methoxy groups -OCH3 is 1. The van der Waals surface area contributed by atoms with Gasteiger partial charge >= 0.3 is 0 Å². The summed E-state index contributed by atoms with van der Waals surface area (Å²) in [4.78, 5) is 0. The molecule has 1 unspecified atom stereocenters. The van der Waals surface area contributed by atoms with Crippen LogP contribution in [0.5, 0.6) is 0 Å². The second-order valence-corrected chi connectivity index (χ2v) is 4.90. The first kappa shape index (κ1) is 13.7. The van der Waals surface area contributed by atoms with Gasteiger partial charge in [-0.1, -0.05) is 34.1 Å². The quantitative estimate of drug-likeness (QED) is 0.782. The average molecular weight is 286 g/mol. The molecule has 0 aliphatic heterocycles. The fourth-order valence-electron chi connectivity index (χ4n) is 1.70. The van der Waals surface area contributed by atoms with E-state index in [2.05, 4.69) is 34.1 Å². The highest BCUT2D eigenvalue weighted by Gasteiger charge is 2.06. The number of hydrogen-bond acceptors (Lipinski definition) is 2. The molecule has 1 atom stereocenters. The van der Waals surface area contributed by atoms with Crippen molar-refractivity contribution < 1.29 is 4.74 Å². The van der Waals surface area contributed by atoms with Crippen LogP contribution in [-0.4, -0.2) is 19.8 Å². The molecule has 0 aromatic heterocycles. The van der Waals surface area contributed by atoms with Crippen LogP contribution in [0.25, 0.3) is 0 Å². The lowest BCUT2D eigenvalue weighted by Gasteiger charge is -2.12. The van der Waals surface area contributed by atoms with E-state index in [1.165, 1.54) is 5.56 Å². The molecule has 3 heteroatoms. The summed E-state index contributed by atoms with van der Waals surface area (Å²) in [5.74, 6) is 0. The van der Waals surface area contributed by atoms with Gasteiger partial charge in [-0.05, 0) is 37.3 Å². The third kappa shape index (κ3) is 5.10. The Labute approximate surface area is 106 Å². The van der Waals surface area contributed by atoms with Crippen LogP contribution in [-0.2, 0) is 11.2 Å². The number of ether oxygens (including phenoxy) is 1. The third-order valence-corrected chi connectivity index (χ3v) is 3.39. The van der Waals surface area contributed by atoms with E-state index in [1.807, 2.05) is 6.07 Å². The Kier molecular flexibility index (Phi) is 6.69. The first-order chi connectivity index (χ1) is 7.74. The predicted octanol–water partition coefficient (Wildman–Crippen LogP) is 3.14. The van der Waals surface area contributed by atoms with E-state index < -0.39 is 0 Å². The molecule has 0 radical (unpaired) electrons. The van der Waals surface area contributed by atoms with Crippen LogP contribution in [0.1, 0.15) is 24.8 Å². The SMILES string of the molecule is COCCCCC(N)Cc1ccccc1Br. The van der Waals surface area contributed by atoms with Crippen molar-refractivity contribution in [1.82, 2.24) is 0 Å². The lowest BCUT2D eigenvalue weighted by atomic mass is 10.0. The maximum atomic E-state index is 6.10. The van der Waals surface area contributed by atoms with Crippen molar-refractivity contribution in [3.63, 3.8) is 0 Å². The molecule has 0 aliphatic rings. The smallest absolute Gasteiger partial charge is 0.0462 e. The number of rotatable bonds is 7. The molecule has 90 valence electrons. The summed E-state index contributed by atoms with van der Waals surface area (Å²) in [5.41, 5.74) is 7.39. The Hall–Kier alpha value is -0.380. The lowest BCUT2D eigenvalue weighted by Crippen LogP contribution is -2.22. The zero-order chi connectivity index (χ0) is 11.8. The summed E-state index contributed by atoms with van der Waals surface area (Å²) < 4.78 is 6.17. The molecule has 0 amide bonds. The Morgan fingerprint density at radius 3 is 2.75 bits per heavy atom. The Morgan fingerprint density at radius 1 is 1.31 bits per heavy atom. The molecule has 1 aromatic rings. The number of halogens is 1. The van der Waals surface area contributed by atoms with Crippen LogP contribution < -0.4 is 5.73 Å². The van der Waals surface area contributed by atoms with E-state index in [1.54, 1.807) is 7.11 Å². The van der Waals surface area contributed by atoms with Crippen LogP contribution in [0, 0.1) is 0 Å². The Bertz CT molecular complexity index is 304. The van der Waals surface area contributed by atoms with Crippen LogP contribution in [0.2, 0.25) is 0 Å². The molecule has 0 aliphatic carbocycles. The average Bonchev–Trinajstić information content (AvgIpc) is 2.28. The maximum absolute atomic E-state index is 6.10. The fraction of sp³-hybridized carbons (Fsp3) is 0.538. The van der Waals surface area contributed by atoms with Crippen LogP contribution in [0.4, 0.5) is 0 Å². The van der Waals surface area contributed by atoms with Crippen molar-refractivity contribution in [2.24, 2.45) is 5.73 Å². The van der Waals surface area contributed by atoms with Gasteiger partial charge in [0.2, 0.25) is 0 Å². The molecule has 0 saturated carbocycles. The van der Waals surface area contributed by atoms with E-state index in [0.717, 1.165) is 36.8 Å². The highest BCUT2D eigenvalue weighted by Crippen LogP contribution is 2.18. The van der Waals surface area contributed by atoms with Crippen molar-refractivity contribution in [3.8, 4) is 0 Å². The minimum absolute atomic E-state index is 0.246. The summed E-state index contributed by atoms with van der Waals surface area (Å²) in [5, 5.41) is 0. The summed E-state index contributed by atoms with van der Waals surface area (Å²) in [7, 11) is 1.74. The molecular formula is C13H20BrNO. The second kappa shape index (κ2) is 7.82. The number of nitrogens with two attached hydrogens (primary N) is 1. The lowest BCUT2D eigenvalue weighted by molar-refractivity contribution is 0.191. The number of unbranched alkanes of at least 4 members (excludes halogenated alkanes) is 1. The van der Waals surface area contributed by atoms with Gasteiger partial charge in [0, 0.05) is 24.2 Å². The molecule has 1 rings (SSSR count). The zero-order valence-electron chi connectivity index (χ0n) is 9.79. The third-order valence-electron chi connectivity index (χ3n) is 2.61. The highest BCUT2D eigenvalue weighted by molar-refractivity contribution is 9.10. The summed E-state index contributed by atoms with van der Waals surface area (Å²) in [6.45, 7) is 0.835. The zero-order valence-corrected chi connectivity index (χ0v) is 11.4. The topological polar surface area (TPSA) is 35.2 Å². The summed E-state index contributed by atoms with van der Waals surface area (Å²) in [6.07, 6.45) is 4.23. The van der Waals surface area contributed by atoms with Gasteiger partial charge < -0.3 is 10.5 Å². The van der Waals surface area contributed by atoms with Gasteiger partial charge in [-0.25, -0.2) is 0 Å². The largest absolute Gasteiger partial charge is 0.385 e. The van der Waals surface area contributed by atoms with E-state index >= 15 is 0 Å². The standard InChI is InChI=1S/C13H20BrNO/c1-16-9-5-4-7-12(15)10-11-6-2-3-8-13(11)14/h2-3,6,8,12H,4-5,7,9-10,15H2,1H3. The summed E-state index contributed by atoms with van der Waals surface area (Å²) >= 11 is 3.54. The monoisotopic (exact) mass is 285 g/mol. The van der Waals surface area contributed by atoms with E-state index in [-0.39, 0.29) is 6.04 Å².